The molecule has 1 atom stereocenters. The highest BCUT2D eigenvalue weighted by molar-refractivity contribution is 7.84. The first-order chi connectivity index (χ1) is 17.0. The predicted molar refractivity (Wildman–Crippen MR) is 157 cm³/mol. The van der Waals surface area contributed by atoms with E-state index in [2.05, 4.69) is 90.0 Å². The van der Waals surface area contributed by atoms with E-state index in [0.717, 1.165) is 76.5 Å². The lowest BCUT2D eigenvalue weighted by Crippen LogP contribution is -2.34. The maximum absolute atomic E-state index is 9.58. The summed E-state index contributed by atoms with van der Waals surface area (Å²) in [6.07, 6.45) is 11.5. The number of fused-ring (bicyclic) bond motifs is 2. The van der Waals surface area contributed by atoms with Gasteiger partial charge in [-0.15, -0.1) is 19.2 Å². The van der Waals surface area contributed by atoms with Crippen molar-refractivity contribution < 1.29 is 0 Å². The Morgan fingerprint density at radius 2 is 1.86 bits per heavy atom. The average Bonchev–Trinajstić information content (AvgIpc) is 3.01. The smallest absolute Gasteiger partial charge is 0.0948 e. The van der Waals surface area contributed by atoms with Crippen molar-refractivity contribution in [2.75, 3.05) is 5.32 Å². The molecule has 0 fully saturated rings. The van der Waals surface area contributed by atoms with Gasteiger partial charge in [-0.25, -0.2) is 0 Å². The summed E-state index contributed by atoms with van der Waals surface area (Å²) >= 11 is 4.69. The predicted octanol–water partition coefficient (Wildman–Crippen LogP) is 8.68. The molecule has 0 spiro atoms. The molecule has 1 heterocycles. The van der Waals surface area contributed by atoms with Crippen LogP contribution in [0.15, 0.2) is 76.0 Å². The number of hydrogen-bond acceptors (Lipinski definition) is 4. The molecule has 0 amide bonds. The van der Waals surface area contributed by atoms with Crippen molar-refractivity contribution in [1.29, 1.82) is 5.26 Å². The normalized spacial score (nSPS) is 20.9. The molecule has 1 N–H and O–H groups in total. The van der Waals surface area contributed by atoms with Gasteiger partial charge in [-0.1, -0.05) is 53.3 Å². The van der Waals surface area contributed by atoms with Crippen LogP contribution in [0.2, 0.25) is 0 Å². The minimum Gasteiger partial charge on any atom is -0.357 e. The van der Waals surface area contributed by atoms with Crippen LogP contribution in [0.25, 0.3) is 0 Å². The highest BCUT2D eigenvalue weighted by Crippen LogP contribution is 2.48. The van der Waals surface area contributed by atoms with Gasteiger partial charge in [-0.05, 0) is 84.3 Å². The van der Waals surface area contributed by atoms with Crippen molar-refractivity contribution in [3.05, 3.63) is 87.7 Å². The molecule has 0 bridgehead atoms. The van der Waals surface area contributed by atoms with E-state index in [-0.39, 0.29) is 16.7 Å². The van der Waals surface area contributed by atoms with E-state index in [1.54, 1.807) is 0 Å². The average molecular weight is 498 g/mol. The summed E-state index contributed by atoms with van der Waals surface area (Å²) in [4.78, 5) is 6.17. The van der Waals surface area contributed by atoms with E-state index in [4.69, 9.17) is 4.99 Å². The van der Waals surface area contributed by atoms with Gasteiger partial charge in [-0.3, -0.25) is 4.99 Å². The van der Waals surface area contributed by atoms with Crippen LogP contribution in [0.5, 0.6) is 0 Å². The third-order valence-corrected chi connectivity index (χ3v) is 8.69. The number of aliphatic imine (C=N–C) groups is 1. The Bertz CT molecular complexity index is 1280. The van der Waals surface area contributed by atoms with E-state index in [1.807, 2.05) is 12.2 Å². The second kappa shape index (κ2) is 9.94. The zero-order chi connectivity index (χ0) is 26.3. The van der Waals surface area contributed by atoms with Crippen molar-refractivity contribution >= 4 is 24.0 Å². The van der Waals surface area contributed by atoms with Crippen LogP contribution >= 0.6 is 12.6 Å². The molecule has 3 aliphatic rings. The lowest BCUT2D eigenvalue weighted by Gasteiger charge is -2.42. The van der Waals surface area contributed by atoms with Crippen LogP contribution in [-0.2, 0) is 10.8 Å². The van der Waals surface area contributed by atoms with Crippen molar-refractivity contribution in [3.63, 3.8) is 0 Å². The molecule has 4 heteroatoms. The fourth-order valence-corrected chi connectivity index (χ4v) is 5.74. The van der Waals surface area contributed by atoms with E-state index in [0.29, 0.717) is 0 Å². The van der Waals surface area contributed by atoms with Gasteiger partial charge < -0.3 is 5.32 Å². The molecule has 0 aromatic heterocycles. The first kappa shape index (κ1) is 26.3. The number of allylic oxidation sites excluding steroid dienone is 6. The van der Waals surface area contributed by atoms with Crippen LogP contribution < -0.4 is 5.32 Å². The van der Waals surface area contributed by atoms with Crippen LogP contribution in [0.1, 0.15) is 89.8 Å². The number of benzene rings is 1. The Kier molecular flexibility index (Phi) is 7.26. The van der Waals surface area contributed by atoms with Gasteiger partial charge in [0.1, 0.15) is 0 Å². The van der Waals surface area contributed by atoms with E-state index in [1.165, 1.54) is 17.5 Å². The second-order valence-corrected chi connectivity index (χ2v) is 12.1. The maximum Gasteiger partial charge on any atom is 0.0948 e. The maximum atomic E-state index is 9.58. The first-order valence-electron chi connectivity index (χ1n) is 13.1. The Labute approximate surface area is 222 Å². The molecule has 1 aliphatic heterocycles. The lowest BCUT2D eigenvalue weighted by molar-refractivity contribution is 0.332. The SMILES string of the molecule is C=CC(C/C=C(\S)C(=C)CC)C1=NC2=C(CCC(C#N)=C2)Nc2cc3c(cc21)C(C)(C)CCC3(C)C. The van der Waals surface area contributed by atoms with Gasteiger partial charge in [0.2, 0.25) is 0 Å². The number of nitrogens with zero attached hydrogens (tertiary/aromatic N) is 2. The minimum atomic E-state index is 0.00262. The fraction of sp³-hybridized carbons (Fsp3) is 0.438. The summed E-state index contributed by atoms with van der Waals surface area (Å²) in [5, 5.41) is 13.3. The summed E-state index contributed by atoms with van der Waals surface area (Å²) < 4.78 is 0. The molecule has 1 unspecified atom stereocenters. The van der Waals surface area contributed by atoms with Crippen molar-refractivity contribution in [3.8, 4) is 6.07 Å². The molecule has 2 aliphatic carbocycles. The molecule has 0 saturated heterocycles. The van der Waals surface area contributed by atoms with Gasteiger partial charge in [0.05, 0.1) is 17.5 Å². The molecule has 188 valence electrons. The number of anilines is 1. The third kappa shape index (κ3) is 4.91. The second-order valence-electron chi connectivity index (χ2n) is 11.6. The van der Waals surface area contributed by atoms with Crippen LogP contribution in [0, 0.1) is 17.2 Å². The van der Waals surface area contributed by atoms with E-state index >= 15 is 0 Å². The van der Waals surface area contributed by atoms with Gasteiger partial charge in [0.25, 0.3) is 0 Å². The van der Waals surface area contributed by atoms with E-state index in [9.17, 15) is 5.26 Å². The number of nitriles is 1. The van der Waals surface area contributed by atoms with Crippen LogP contribution in [-0.4, -0.2) is 5.71 Å². The highest BCUT2D eigenvalue weighted by atomic mass is 32.1. The zero-order valence-electron chi connectivity index (χ0n) is 22.5. The molecule has 4 rings (SSSR count). The Balaban J connectivity index is 1.92. The standard InChI is InChI=1S/C32H39N3S/c1-8-20(3)29(36)13-11-22(9-2)30-23-17-24-25(32(6,7)15-14-31(24,4)5)18-27(23)34-26-12-10-21(19-33)16-28(26)35-30/h9,13,16-18,22,34,36H,2-3,8,10-12,14-15H2,1,4-7H3/b29-13-. The van der Waals surface area contributed by atoms with Crippen LogP contribution in [0.4, 0.5) is 5.69 Å². The molecule has 36 heavy (non-hydrogen) atoms. The number of nitrogens with one attached hydrogen (secondary N) is 1. The van der Waals surface area contributed by atoms with Gasteiger partial charge >= 0.3 is 0 Å². The first-order valence-corrected chi connectivity index (χ1v) is 13.5. The summed E-state index contributed by atoms with van der Waals surface area (Å²) in [6, 6.07) is 7.10. The third-order valence-electron chi connectivity index (χ3n) is 8.19. The number of thiol groups is 1. The topological polar surface area (TPSA) is 48.2 Å². The quantitative estimate of drug-likeness (QED) is 0.235. The Hall–Kier alpha value is -2.77. The minimum absolute atomic E-state index is 0.00262. The summed E-state index contributed by atoms with van der Waals surface area (Å²) in [6.45, 7) is 19.9. The highest BCUT2D eigenvalue weighted by Gasteiger charge is 2.39. The number of hydrogen-bond donors (Lipinski definition) is 2. The molecule has 0 saturated carbocycles. The summed E-state index contributed by atoms with van der Waals surface area (Å²) in [5.41, 5.74) is 10.0. The van der Waals surface area contributed by atoms with Gasteiger partial charge in [-0.2, -0.15) is 5.26 Å². The molecule has 0 radical (unpaired) electrons. The molecular formula is C32H39N3S. The Morgan fingerprint density at radius 3 is 2.47 bits per heavy atom. The monoisotopic (exact) mass is 497 g/mol. The van der Waals surface area contributed by atoms with Crippen molar-refractivity contribution in [2.24, 2.45) is 10.9 Å². The van der Waals surface area contributed by atoms with Gasteiger partial charge in [0.15, 0.2) is 0 Å². The fourth-order valence-electron chi connectivity index (χ4n) is 5.47. The van der Waals surface area contributed by atoms with E-state index < -0.39 is 0 Å². The molecular weight excluding hydrogens is 458 g/mol. The molecule has 1 aromatic carbocycles. The summed E-state index contributed by atoms with van der Waals surface area (Å²) in [7, 11) is 0. The lowest BCUT2D eigenvalue weighted by atomic mass is 9.62. The Morgan fingerprint density at radius 1 is 1.19 bits per heavy atom. The van der Waals surface area contributed by atoms with Gasteiger partial charge in [0, 0.05) is 33.3 Å². The zero-order valence-corrected chi connectivity index (χ0v) is 23.4. The van der Waals surface area contributed by atoms with Crippen LogP contribution in [0.3, 0.4) is 0 Å². The van der Waals surface area contributed by atoms with Crippen molar-refractivity contribution in [2.45, 2.75) is 84.0 Å². The largest absolute Gasteiger partial charge is 0.357 e. The molecule has 3 nitrogen and oxygen atoms in total. The molecule has 1 aromatic rings. The van der Waals surface area contributed by atoms with Crippen molar-refractivity contribution in [1.82, 2.24) is 0 Å². The summed E-state index contributed by atoms with van der Waals surface area (Å²) in [5.74, 6) is 0.00262. The number of rotatable bonds is 6.